The van der Waals surface area contributed by atoms with Gasteiger partial charge in [0.1, 0.15) is 6.04 Å². The number of hydrogen-bond acceptors (Lipinski definition) is 2. The summed E-state index contributed by atoms with van der Waals surface area (Å²) in [5, 5.41) is 11.6. The second-order valence-electron chi connectivity index (χ2n) is 2.54. The Balaban J connectivity index is 3.56. The van der Waals surface area contributed by atoms with Crippen molar-refractivity contribution in [2.24, 2.45) is 0 Å². The van der Waals surface area contributed by atoms with Crippen LogP contribution in [0.4, 0.5) is 0 Å². The fourth-order valence-corrected chi connectivity index (χ4v) is 1.78. The lowest BCUT2D eigenvalue weighted by atomic mass is 10.2. The number of carboxylic acids is 1. The Hall–Kier alpha value is 0.290. The van der Waals surface area contributed by atoms with Gasteiger partial charge in [-0.05, 0) is 25.7 Å². The number of nitrogens with one attached hydrogen (secondary N) is 1. The van der Waals surface area contributed by atoms with Crippen LogP contribution < -0.4 is 5.32 Å². The zero-order chi connectivity index (χ0) is 9.40. The number of hydrogen-bond donors (Lipinski definition) is 2. The van der Waals surface area contributed by atoms with Gasteiger partial charge in [0.25, 0.3) is 0 Å². The zero-order valence-corrected chi connectivity index (χ0v) is 9.49. The molecule has 0 aliphatic heterocycles. The first-order valence-electron chi connectivity index (χ1n) is 4.03. The van der Waals surface area contributed by atoms with E-state index in [2.05, 4.69) is 21.2 Å². The zero-order valence-electron chi connectivity index (χ0n) is 7.34. The number of carboxylic acid groups (broad SMARTS) is 1. The summed E-state index contributed by atoms with van der Waals surface area (Å²) in [7, 11) is 3.40. The van der Waals surface area contributed by atoms with Gasteiger partial charge in [-0.3, -0.25) is 4.79 Å². The van der Waals surface area contributed by atoms with E-state index in [0.29, 0.717) is 6.29 Å². The van der Waals surface area contributed by atoms with Crippen molar-refractivity contribution < 1.29 is 9.90 Å². The van der Waals surface area contributed by atoms with Crippen LogP contribution in [0.3, 0.4) is 0 Å². The van der Waals surface area contributed by atoms with Crippen molar-refractivity contribution in [3.05, 3.63) is 0 Å². The van der Waals surface area contributed by atoms with Crippen molar-refractivity contribution in [2.45, 2.75) is 18.9 Å². The van der Waals surface area contributed by atoms with Gasteiger partial charge in [0.2, 0.25) is 0 Å². The van der Waals surface area contributed by atoms with Crippen molar-refractivity contribution in [2.75, 3.05) is 19.1 Å². The Bertz CT molecular complexity index is 133. The van der Waals surface area contributed by atoms with Gasteiger partial charge in [-0.15, -0.1) is 17.8 Å². The van der Waals surface area contributed by atoms with E-state index in [1.807, 2.05) is 0 Å². The minimum absolute atomic E-state index is 0.362. The van der Waals surface area contributed by atoms with Crippen LogP contribution in [0.1, 0.15) is 12.8 Å². The van der Waals surface area contributed by atoms with Crippen LogP contribution in [0.5, 0.6) is 0 Å². The minimum atomic E-state index is -0.739. The normalized spacial score (nSPS) is 13.8. The SMILES string of the molecule is CPCCCC(NCP)C(=O)O. The van der Waals surface area contributed by atoms with E-state index in [0.717, 1.165) is 27.6 Å². The van der Waals surface area contributed by atoms with Crippen LogP contribution in [0.25, 0.3) is 0 Å². The average molecular weight is 209 g/mol. The minimum Gasteiger partial charge on any atom is -0.480 e. The van der Waals surface area contributed by atoms with Crippen LogP contribution in [0, 0.1) is 0 Å². The average Bonchev–Trinajstić information content (AvgIpc) is 2.03. The van der Waals surface area contributed by atoms with E-state index in [1.165, 1.54) is 0 Å². The Morgan fingerprint density at radius 3 is 2.83 bits per heavy atom. The summed E-state index contributed by atoms with van der Waals surface area (Å²) in [6.07, 6.45) is 3.53. The first kappa shape index (κ1) is 12.3. The van der Waals surface area contributed by atoms with Crippen LogP contribution >= 0.6 is 17.8 Å². The molecule has 0 saturated heterocycles. The van der Waals surface area contributed by atoms with E-state index in [4.69, 9.17) is 5.11 Å². The fraction of sp³-hybridized carbons (Fsp3) is 0.857. The van der Waals surface area contributed by atoms with Crippen molar-refractivity contribution in [1.82, 2.24) is 5.32 Å². The highest BCUT2D eigenvalue weighted by Gasteiger charge is 2.14. The summed E-state index contributed by atoms with van der Waals surface area (Å²) in [4.78, 5) is 10.6. The Labute approximate surface area is 77.7 Å². The van der Waals surface area contributed by atoms with Crippen molar-refractivity contribution in [3.8, 4) is 0 Å². The molecule has 3 nitrogen and oxygen atoms in total. The quantitative estimate of drug-likeness (QED) is 0.484. The third-order valence-corrected chi connectivity index (χ3v) is 2.67. The molecular formula is C7H17NO2P2. The van der Waals surface area contributed by atoms with Crippen LogP contribution in [-0.2, 0) is 4.79 Å². The van der Waals surface area contributed by atoms with Crippen LogP contribution in [0.15, 0.2) is 0 Å². The molecule has 3 unspecified atom stereocenters. The van der Waals surface area contributed by atoms with Crippen LogP contribution in [0.2, 0.25) is 0 Å². The molecule has 0 spiro atoms. The topological polar surface area (TPSA) is 49.3 Å². The summed E-state index contributed by atoms with van der Waals surface area (Å²) in [5.41, 5.74) is 0. The molecule has 5 heteroatoms. The van der Waals surface area contributed by atoms with Crippen molar-refractivity contribution in [1.29, 1.82) is 0 Å². The summed E-state index contributed by atoms with van der Waals surface area (Å²) in [5.74, 6) is -0.739. The summed E-state index contributed by atoms with van der Waals surface area (Å²) < 4.78 is 0. The van der Waals surface area contributed by atoms with Crippen molar-refractivity contribution >= 4 is 23.8 Å². The second kappa shape index (κ2) is 7.91. The highest BCUT2D eigenvalue weighted by molar-refractivity contribution is 7.36. The van der Waals surface area contributed by atoms with Gasteiger partial charge in [-0.1, -0.05) is 0 Å². The molecule has 0 bridgehead atoms. The summed E-state index contributed by atoms with van der Waals surface area (Å²) in [6, 6.07) is -0.362. The lowest BCUT2D eigenvalue weighted by Gasteiger charge is -2.11. The molecule has 0 heterocycles. The molecule has 0 saturated carbocycles. The Kier molecular flexibility index (Phi) is 8.11. The molecule has 0 rings (SSSR count). The Morgan fingerprint density at radius 1 is 1.75 bits per heavy atom. The highest BCUT2D eigenvalue weighted by atomic mass is 31.1. The maximum atomic E-state index is 10.6. The maximum absolute atomic E-state index is 10.6. The predicted octanol–water partition coefficient (Wildman–Crippen LogP) is 0.950. The maximum Gasteiger partial charge on any atom is 0.320 e. The van der Waals surface area contributed by atoms with Gasteiger partial charge >= 0.3 is 5.97 Å². The number of aliphatic carboxylic acids is 1. The lowest BCUT2D eigenvalue weighted by molar-refractivity contribution is -0.139. The monoisotopic (exact) mass is 209 g/mol. The smallest absolute Gasteiger partial charge is 0.320 e. The molecule has 0 radical (unpaired) electrons. The van der Waals surface area contributed by atoms with Gasteiger partial charge in [-0.2, -0.15) is 0 Å². The van der Waals surface area contributed by atoms with Gasteiger partial charge < -0.3 is 10.4 Å². The molecule has 0 amide bonds. The summed E-state index contributed by atoms with van der Waals surface area (Å²) in [6.45, 7) is 2.14. The molecule has 0 fully saturated rings. The molecule has 0 aromatic heterocycles. The van der Waals surface area contributed by atoms with Crippen molar-refractivity contribution in [3.63, 3.8) is 0 Å². The fourth-order valence-electron chi connectivity index (χ4n) is 0.938. The largest absolute Gasteiger partial charge is 0.480 e. The first-order valence-corrected chi connectivity index (χ1v) is 6.55. The third kappa shape index (κ3) is 5.88. The van der Waals surface area contributed by atoms with Gasteiger partial charge in [0, 0.05) is 6.29 Å². The molecule has 2 N–H and O–H groups in total. The molecule has 0 aromatic rings. The first-order chi connectivity index (χ1) is 5.72. The second-order valence-corrected chi connectivity index (χ2v) is 4.16. The molecule has 3 atom stereocenters. The Morgan fingerprint density at radius 2 is 2.42 bits per heavy atom. The molecule has 72 valence electrons. The van der Waals surface area contributed by atoms with Crippen LogP contribution in [-0.4, -0.2) is 36.2 Å². The van der Waals surface area contributed by atoms with E-state index < -0.39 is 5.97 Å². The van der Waals surface area contributed by atoms with E-state index in [9.17, 15) is 4.79 Å². The molecule has 0 aliphatic rings. The highest BCUT2D eigenvalue weighted by Crippen LogP contribution is 2.08. The standard InChI is InChI=1S/C7H17NO2P2/c1-12-4-2-3-6(7(9)10)8-5-11/h6,8,12H,2-5,11H2,1H3,(H,9,10). The van der Waals surface area contributed by atoms with Gasteiger partial charge in [0.15, 0.2) is 0 Å². The van der Waals surface area contributed by atoms with Gasteiger partial charge in [-0.25, -0.2) is 0 Å². The molecular weight excluding hydrogens is 192 g/mol. The van der Waals surface area contributed by atoms with E-state index in [1.54, 1.807) is 0 Å². The van der Waals surface area contributed by atoms with Gasteiger partial charge in [0.05, 0.1) is 0 Å². The molecule has 0 aromatic carbocycles. The predicted molar refractivity (Wildman–Crippen MR) is 57.5 cm³/mol. The lowest BCUT2D eigenvalue weighted by Crippen LogP contribution is -2.35. The third-order valence-electron chi connectivity index (χ3n) is 1.58. The molecule has 12 heavy (non-hydrogen) atoms. The number of rotatable bonds is 7. The molecule has 0 aliphatic carbocycles. The van der Waals surface area contributed by atoms with E-state index in [-0.39, 0.29) is 6.04 Å². The van der Waals surface area contributed by atoms with E-state index >= 15 is 0 Å². The number of carbonyl (C=O) groups is 1. The summed E-state index contributed by atoms with van der Waals surface area (Å²) >= 11 is 0.